The van der Waals surface area contributed by atoms with E-state index in [2.05, 4.69) is 18.9 Å². The largest absolute Gasteiger partial charge is 0.288 e. The summed E-state index contributed by atoms with van der Waals surface area (Å²) in [5, 5.41) is 4.19. The third kappa shape index (κ3) is 3.47. The zero-order valence-corrected chi connectivity index (χ0v) is 12.1. The Labute approximate surface area is 118 Å². The first-order chi connectivity index (χ1) is 9.24. The van der Waals surface area contributed by atoms with Gasteiger partial charge in [-0.05, 0) is 36.4 Å². The Morgan fingerprint density at radius 2 is 1.95 bits per heavy atom. The summed E-state index contributed by atoms with van der Waals surface area (Å²) in [4.78, 5) is 13.5. The summed E-state index contributed by atoms with van der Waals surface area (Å²) >= 11 is 1.77. The molecular formula is C15H18N2OS. The van der Waals surface area contributed by atoms with Crippen molar-refractivity contribution in [2.75, 3.05) is 5.75 Å². The van der Waals surface area contributed by atoms with Crippen molar-refractivity contribution in [3.8, 4) is 0 Å². The van der Waals surface area contributed by atoms with Gasteiger partial charge in [0.2, 0.25) is 0 Å². The third-order valence-electron chi connectivity index (χ3n) is 2.78. The zero-order chi connectivity index (χ0) is 13.7. The average molecular weight is 274 g/mol. The lowest BCUT2D eigenvalue weighted by molar-refractivity contribution is 0.103. The van der Waals surface area contributed by atoms with Gasteiger partial charge in [0.1, 0.15) is 0 Å². The molecule has 0 saturated heterocycles. The van der Waals surface area contributed by atoms with E-state index in [0.717, 1.165) is 24.3 Å². The number of carbonyl (C=O) groups is 1. The van der Waals surface area contributed by atoms with Crippen LogP contribution in [0.3, 0.4) is 0 Å². The first-order valence-corrected chi connectivity index (χ1v) is 7.53. The minimum atomic E-state index is 0.0374. The lowest BCUT2D eigenvalue weighted by Gasteiger charge is -2.01. The van der Waals surface area contributed by atoms with Gasteiger partial charge in [-0.3, -0.25) is 9.48 Å². The molecule has 1 heterocycles. The standard InChI is InChI=1S/C15H18N2OS/c1-3-9-17-11-13(10-16-17)15(18)12-5-7-14(8-6-12)19-4-2/h5-8,10-11H,3-4,9H2,1-2H3. The number of thioether (sulfide) groups is 1. The molecule has 0 aliphatic rings. The van der Waals surface area contributed by atoms with Gasteiger partial charge in [0.15, 0.2) is 5.78 Å². The van der Waals surface area contributed by atoms with E-state index in [-0.39, 0.29) is 5.78 Å². The molecule has 2 aromatic rings. The fourth-order valence-electron chi connectivity index (χ4n) is 1.87. The van der Waals surface area contributed by atoms with Crippen LogP contribution >= 0.6 is 11.8 Å². The van der Waals surface area contributed by atoms with Crippen LogP contribution in [-0.2, 0) is 6.54 Å². The molecule has 0 atom stereocenters. The molecule has 100 valence electrons. The van der Waals surface area contributed by atoms with Gasteiger partial charge in [-0.15, -0.1) is 11.8 Å². The van der Waals surface area contributed by atoms with Gasteiger partial charge in [0.25, 0.3) is 0 Å². The van der Waals surface area contributed by atoms with E-state index in [4.69, 9.17) is 0 Å². The van der Waals surface area contributed by atoms with Crippen molar-refractivity contribution in [2.45, 2.75) is 31.7 Å². The Kier molecular flexibility index (Phi) is 4.80. The Morgan fingerprint density at radius 3 is 2.58 bits per heavy atom. The molecule has 3 nitrogen and oxygen atoms in total. The average Bonchev–Trinajstić information content (AvgIpc) is 2.88. The molecule has 0 aliphatic carbocycles. The number of rotatable bonds is 6. The number of hydrogen-bond donors (Lipinski definition) is 0. The summed E-state index contributed by atoms with van der Waals surface area (Å²) in [6.45, 7) is 5.05. The number of ketones is 1. The van der Waals surface area contributed by atoms with Crippen LogP contribution < -0.4 is 0 Å². The van der Waals surface area contributed by atoms with Gasteiger partial charge in [0, 0.05) is 23.2 Å². The Balaban J connectivity index is 2.13. The normalized spacial score (nSPS) is 10.6. The predicted octanol–water partition coefficient (Wildman–Crippen LogP) is 3.64. The van der Waals surface area contributed by atoms with Crippen LogP contribution in [0.1, 0.15) is 36.2 Å². The summed E-state index contributed by atoms with van der Waals surface area (Å²) in [5.41, 5.74) is 1.38. The van der Waals surface area contributed by atoms with Crippen molar-refractivity contribution in [2.24, 2.45) is 0 Å². The van der Waals surface area contributed by atoms with Gasteiger partial charge in [-0.2, -0.15) is 5.10 Å². The molecule has 2 rings (SSSR count). The van der Waals surface area contributed by atoms with E-state index in [1.165, 1.54) is 4.90 Å². The van der Waals surface area contributed by atoms with Crippen molar-refractivity contribution in [3.05, 3.63) is 47.8 Å². The molecule has 0 aliphatic heterocycles. The number of aromatic nitrogens is 2. The first-order valence-electron chi connectivity index (χ1n) is 6.54. The fourth-order valence-corrected chi connectivity index (χ4v) is 2.53. The maximum absolute atomic E-state index is 12.3. The summed E-state index contributed by atoms with van der Waals surface area (Å²) in [6.07, 6.45) is 4.48. The predicted molar refractivity (Wildman–Crippen MR) is 78.8 cm³/mol. The molecule has 4 heteroatoms. The highest BCUT2D eigenvalue weighted by Crippen LogP contribution is 2.19. The lowest BCUT2D eigenvalue weighted by Crippen LogP contribution is -2.00. The van der Waals surface area contributed by atoms with E-state index in [9.17, 15) is 4.79 Å². The van der Waals surface area contributed by atoms with Crippen molar-refractivity contribution in [1.29, 1.82) is 0 Å². The van der Waals surface area contributed by atoms with Crippen molar-refractivity contribution < 1.29 is 4.79 Å². The van der Waals surface area contributed by atoms with Gasteiger partial charge in [-0.1, -0.05) is 13.8 Å². The highest BCUT2D eigenvalue weighted by Gasteiger charge is 2.11. The first kappa shape index (κ1) is 13.9. The quantitative estimate of drug-likeness (QED) is 0.596. The molecule has 0 amide bonds. The van der Waals surface area contributed by atoms with Crippen LogP contribution in [0.25, 0.3) is 0 Å². The SMILES string of the molecule is CCCn1cc(C(=O)c2ccc(SCC)cc2)cn1. The summed E-state index contributed by atoms with van der Waals surface area (Å²) in [6, 6.07) is 7.77. The molecule has 1 aromatic carbocycles. The Hall–Kier alpha value is -1.55. The summed E-state index contributed by atoms with van der Waals surface area (Å²) in [7, 11) is 0. The maximum atomic E-state index is 12.3. The fraction of sp³-hybridized carbons (Fsp3) is 0.333. The highest BCUT2D eigenvalue weighted by atomic mass is 32.2. The van der Waals surface area contributed by atoms with Crippen LogP contribution in [0.15, 0.2) is 41.6 Å². The zero-order valence-electron chi connectivity index (χ0n) is 11.3. The van der Waals surface area contributed by atoms with E-state index >= 15 is 0 Å². The smallest absolute Gasteiger partial charge is 0.196 e. The second kappa shape index (κ2) is 6.57. The van der Waals surface area contributed by atoms with Crippen molar-refractivity contribution in [3.63, 3.8) is 0 Å². The highest BCUT2D eigenvalue weighted by molar-refractivity contribution is 7.99. The van der Waals surface area contributed by atoms with E-state index in [1.54, 1.807) is 18.0 Å². The molecule has 0 unspecified atom stereocenters. The van der Waals surface area contributed by atoms with Gasteiger partial charge in [0.05, 0.1) is 11.8 Å². The Morgan fingerprint density at radius 1 is 1.21 bits per heavy atom. The molecular weight excluding hydrogens is 256 g/mol. The number of aryl methyl sites for hydroxylation is 1. The molecule has 0 radical (unpaired) electrons. The van der Waals surface area contributed by atoms with Gasteiger partial charge < -0.3 is 0 Å². The van der Waals surface area contributed by atoms with Gasteiger partial charge >= 0.3 is 0 Å². The monoisotopic (exact) mass is 274 g/mol. The van der Waals surface area contributed by atoms with Crippen LogP contribution in [0, 0.1) is 0 Å². The second-order valence-electron chi connectivity index (χ2n) is 4.28. The molecule has 0 N–H and O–H groups in total. The van der Waals surface area contributed by atoms with E-state index < -0.39 is 0 Å². The summed E-state index contributed by atoms with van der Waals surface area (Å²) < 4.78 is 1.81. The number of hydrogen-bond acceptors (Lipinski definition) is 3. The lowest BCUT2D eigenvalue weighted by atomic mass is 10.1. The molecule has 0 fully saturated rings. The second-order valence-corrected chi connectivity index (χ2v) is 5.62. The third-order valence-corrected chi connectivity index (χ3v) is 3.67. The van der Waals surface area contributed by atoms with Crippen molar-refractivity contribution >= 4 is 17.5 Å². The minimum absolute atomic E-state index is 0.0374. The van der Waals surface area contributed by atoms with E-state index in [1.807, 2.05) is 35.1 Å². The van der Waals surface area contributed by atoms with Crippen LogP contribution in [0.2, 0.25) is 0 Å². The molecule has 19 heavy (non-hydrogen) atoms. The van der Waals surface area contributed by atoms with Crippen LogP contribution in [0.4, 0.5) is 0 Å². The Bertz CT molecular complexity index is 546. The van der Waals surface area contributed by atoms with Crippen molar-refractivity contribution in [1.82, 2.24) is 9.78 Å². The number of benzene rings is 1. The van der Waals surface area contributed by atoms with Crippen LogP contribution in [-0.4, -0.2) is 21.3 Å². The summed E-state index contributed by atoms with van der Waals surface area (Å²) in [5.74, 6) is 1.08. The molecule has 0 spiro atoms. The van der Waals surface area contributed by atoms with Crippen LogP contribution in [0.5, 0.6) is 0 Å². The van der Waals surface area contributed by atoms with E-state index in [0.29, 0.717) is 5.56 Å². The minimum Gasteiger partial charge on any atom is -0.288 e. The topological polar surface area (TPSA) is 34.9 Å². The number of carbonyl (C=O) groups excluding carboxylic acids is 1. The molecule has 1 aromatic heterocycles. The molecule has 0 bridgehead atoms. The number of nitrogens with zero attached hydrogens (tertiary/aromatic N) is 2. The van der Waals surface area contributed by atoms with Gasteiger partial charge in [-0.25, -0.2) is 0 Å². The maximum Gasteiger partial charge on any atom is 0.196 e. The molecule has 0 saturated carbocycles.